The highest BCUT2D eigenvalue weighted by Crippen LogP contribution is 2.25. The van der Waals surface area contributed by atoms with Gasteiger partial charge in [0.15, 0.2) is 0 Å². The molecule has 3 saturated heterocycles. The van der Waals surface area contributed by atoms with Crippen molar-refractivity contribution in [3.8, 4) is 6.07 Å². The zero-order valence-corrected chi connectivity index (χ0v) is 24.4. The Kier molecular flexibility index (Phi) is 11.0. The average Bonchev–Trinajstić information content (AvgIpc) is 2.94. The van der Waals surface area contributed by atoms with E-state index < -0.39 is 36.6 Å². The fourth-order valence-corrected chi connectivity index (χ4v) is 5.75. The van der Waals surface area contributed by atoms with Crippen LogP contribution < -0.4 is 5.32 Å². The summed E-state index contributed by atoms with van der Waals surface area (Å²) in [5.74, 6) is -1.88. The lowest BCUT2D eigenvalue weighted by molar-refractivity contribution is -0.131. The van der Waals surface area contributed by atoms with Gasteiger partial charge in [0.05, 0.1) is 31.2 Å². The molecule has 3 aliphatic heterocycles. The second kappa shape index (κ2) is 14.4. The Bertz CT molecular complexity index is 1150. The van der Waals surface area contributed by atoms with E-state index in [1.165, 1.54) is 24.3 Å². The summed E-state index contributed by atoms with van der Waals surface area (Å²) < 4.78 is 23.9. The van der Waals surface area contributed by atoms with Crippen LogP contribution in [0.2, 0.25) is 0 Å². The summed E-state index contributed by atoms with van der Waals surface area (Å²) in [6.07, 6.45) is 3.17. The number of alkyl carbamates (subject to hydrolysis) is 1. The number of nitrogens with one attached hydrogen (secondary N) is 1. The van der Waals surface area contributed by atoms with Crippen LogP contribution in [0.1, 0.15) is 38.7 Å². The van der Waals surface area contributed by atoms with E-state index in [-0.39, 0.29) is 24.5 Å². The fraction of sp³-hybridized carbons (Fsp3) is 0.621. The predicted octanol–water partition coefficient (Wildman–Crippen LogP) is 1.10. The lowest BCUT2D eigenvalue weighted by atomic mass is 9.76. The number of likely N-dealkylation sites (tertiary alicyclic amines) is 1. The molecule has 1 aromatic rings. The Morgan fingerprint density at radius 3 is 2.48 bits per heavy atom. The first kappa shape index (κ1) is 31.9. The summed E-state index contributed by atoms with van der Waals surface area (Å²) in [5, 5.41) is 31.9. The van der Waals surface area contributed by atoms with Crippen LogP contribution >= 0.6 is 0 Å². The van der Waals surface area contributed by atoms with Gasteiger partial charge in [-0.15, -0.1) is 0 Å². The summed E-state index contributed by atoms with van der Waals surface area (Å²) >= 11 is 0. The number of amides is 2. The monoisotopic (exact) mass is 585 g/mol. The molecule has 0 aromatic heterocycles. The third kappa shape index (κ3) is 8.29. The number of nitriles is 1. The normalized spacial score (nSPS) is 21.7. The number of carbonyl (C=O) groups is 2. The van der Waals surface area contributed by atoms with E-state index in [9.17, 15) is 29.3 Å². The number of nitrogens with zero attached hydrogens (tertiary/aromatic N) is 4. The highest BCUT2D eigenvalue weighted by Gasteiger charge is 2.36. The molecular formula is C29H41BFN5O6. The molecule has 2 atom stereocenters. The molecule has 1 aromatic carbocycles. The first-order valence-corrected chi connectivity index (χ1v) is 14.6. The molecule has 0 bridgehead atoms. The zero-order valence-electron chi connectivity index (χ0n) is 24.4. The lowest BCUT2D eigenvalue weighted by Gasteiger charge is -2.46. The number of benzene rings is 1. The van der Waals surface area contributed by atoms with Crippen molar-refractivity contribution >= 4 is 19.1 Å². The molecule has 2 amide bonds. The van der Waals surface area contributed by atoms with Crippen molar-refractivity contribution in [2.24, 2.45) is 0 Å². The predicted molar refractivity (Wildman–Crippen MR) is 153 cm³/mol. The summed E-state index contributed by atoms with van der Waals surface area (Å²) in [6.45, 7) is 9.39. The number of ether oxygens (including phenoxy) is 2. The van der Waals surface area contributed by atoms with Crippen LogP contribution in [0.15, 0.2) is 35.9 Å². The molecule has 3 heterocycles. The van der Waals surface area contributed by atoms with Crippen LogP contribution in [-0.4, -0.2) is 120 Å². The molecule has 13 heteroatoms. The molecule has 1 unspecified atom stereocenters. The van der Waals surface area contributed by atoms with Crippen molar-refractivity contribution in [2.45, 2.75) is 63.1 Å². The number of carbonyl (C=O) groups excluding carboxylic acids is 2. The van der Waals surface area contributed by atoms with Gasteiger partial charge in [0.2, 0.25) is 0 Å². The molecule has 0 radical (unpaired) electrons. The second-order valence-electron chi connectivity index (χ2n) is 11.8. The van der Waals surface area contributed by atoms with Gasteiger partial charge in [-0.05, 0) is 63.3 Å². The molecule has 3 N–H and O–H groups in total. The Morgan fingerprint density at radius 1 is 1.19 bits per heavy atom. The summed E-state index contributed by atoms with van der Waals surface area (Å²) in [4.78, 5) is 32.5. The van der Waals surface area contributed by atoms with Gasteiger partial charge in [-0.2, -0.15) is 5.26 Å². The largest absolute Gasteiger partial charge is 0.475 e. The maximum absolute atomic E-state index is 13.6. The third-order valence-corrected chi connectivity index (χ3v) is 8.44. The van der Waals surface area contributed by atoms with Crippen LogP contribution in [0.5, 0.6) is 0 Å². The van der Waals surface area contributed by atoms with Gasteiger partial charge in [-0.1, -0.05) is 12.1 Å². The lowest BCUT2D eigenvalue weighted by Crippen LogP contribution is -2.59. The topological polar surface area (TPSA) is 139 Å². The highest BCUT2D eigenvalue weighted by molar-refractivity contribution is 6.43. The van der Waals surface area contributed by atoms with Gasteiger partial charge in [0, 0.05) is 38.3 Å². The van der Waals surface area contributed by atoms with Gasteiger partial charge >= 0.3 is 13.2 Å². The van der Waals surface area contributed by atoms with E-state index in [1.54, 1.807) is 11.0 Å². The second-order valence-corrected chi connectivity index (χ2v) is 11.8. The van der Waals surface area contributed by atoms with E-state index in [4.69, 9.17) is 9.47 Å². The molecule has 3 aliphatic rings. The number of hydrogen-bond acceptors (Lipinski definition) is 9. The number of piperidine rings is 1. The van der Waals surface area contributed by atoms with Crippen molar-refractivity contribution in [1.29, 1.82) is 5.26 Å². The van der Waals surface area contributed by atoms with E-state index in [0.29, 0.717) is 24.6 Å². The molecule has 4 rings (SSSR count). The van der Waals surface area contributed by atoms with Crippen molar-refractivity contribution in [1.82, 2.24) is 20.0 Å². The Balaban J connectivity index is 1.33. The molecule has 0 aliphatic carbocycles. The minimum Gasteiger partial charge on any atom is -0.447 e. The molecular weight excluding hydrogens is 544 g/mol. The first-order valence-electron chi connectivity index (χ1n) is 14.6. The highest BCUT2D eigenvalue weighted by atomic mass is 19.1. The van der Waals surface area contributed by atoms with Crippen LogP contribution in [-0.2, 0) is 20.7 Å². The maximum atomic E-state index is 13.6. The van der Waals surface area contributed by atoms with E-state index in [0.717, 1.165) is 52.2 Å². The molecule has 0 spiro atoms. The minimum absolute atomic E-state index is 0.0528. The number of rotatable bonds is 10. The standard InChI is InChI=1S/C29H41BFN5O6/c1-29(2,35-13-11-34(12-14-35)25-18-41-19-25)16-22(17-32)27(37)36-10-4-3-5-24(36)20-42-28(38)33-26(30(39)40)15-21-6-8-23(31)9-7-21/h6-9,16,24-26,39-40H,3-5,10-15,18-20H2,1-2H3,(H,33,38)/t24-,26?/m1/s1. The minimum atomic E-state index is -1.86. The third-order valence-electron chi connectivity index (χ3n) is 8.44. The summed E-state index contributed by atoms with van der Waals surface area (Å²) in [7, 11) is -1.86. The van der Waals surface area contributed by atoms with Crippen LogP contribution in [0.25, 0.3) is 0 Å². The molecule has 0 saturated carbocycles. The van der Waals surface area contributed by atoms with E-state index in [1.807, 2.05) is 13.8 Å². The molecule has 42 heavy (non-hydrogen) atoms. The molecule has 228 valence electrons. The van der Waals surface area contributed by atoms with Crippen LogP contribution in [0.3, 0.4) is 0 Å². The fourth-order valence-electron chi connectivity index (χ4n) is 5.75. The summed E-state index contributed by atoms with van der Waals surface area (Å²) in [6, 6.07) is 7.67. The van der Waals surface area contributed by atoms with Crippen molar-refractivity contribution < 1.29 is 33.5 Å². The van der Waals surface area contributed by atoms with Gasteiger partial charge in [-0.3, -0.25) is 14.6 Å². The average molecular weight is 585 g/mol. The van der Waals surface area contributed by atoms with Crippen LogP contribution in [0.4, 0.5) is 9.18 Å². The first-order chi connectivity index (χ1) is 20.1. The van der Waals surface area contributed by atoms with Crippen molar-refractivity contribution in [3.05, 3.63) is 47.3 Å². The smallest absolute Gasteiger partial charge is 0.447 e. The molecule has 11 nitrogen and oxygen atoms in total. The zero-order chi connectivity index (χ0) is 30.3. The van der Waals surface area contributed by atoms with Gasteiger partial charge < -0.3 is 29.7 Å². The van der Waals surface area contributed by atoms with E-state index in [2.05, 4.69) is 21.2 Å². The van der Waals surface area contributed by atoms with Gasteiger partial charge in [0.1, 0.15) is 24.1 Å². The Morgan fingerprint density at radius 2 is 1.88 bits per heavy atom. The Labute approximate surface area is 247 Å². The maximum Gasteiger partial charge on any atom is 0.475 e. The number of hydrogen-bond donors (Lipinski definition) is 3. The van der Waals surface area contributed by atoms with Gasteiger partial charge in [0.25, 0.3) is 5.91 Å². The van der Waals surface area contributed by atoms with E-state index >= 15 is 0 Å². The van der Waals surface area contributed by atoms with Crippen molar-refractivity contribution in [3.63, 3.8) is 0 Å². The van der Waals surface area contributed by atoms with Crippen LogP contribution in [0, 0.1) is 17.1 Å². The molecule has 3 fully saturated rings. The SMILES string of the molecule is CC(C)(C=C(C#N)C(=O)N1CCCC[C@@H]1COC(=O)NC(Cc1ccc(F)cc1)B(O)O)N1CCN(C2COC2)CC1. The quantitative estimate of drug-likeness (QED) is 0.209. The van der Waals surface area contributed by atoms with Gasteiger partial charge in [-0.25, -0.2) is 9.18 Å². The summed E-state index contributed by atoms with van der Waals surface area (Å²) in [5.41, 5.74) is 0.163. The van der Waals surface area contributed by atoms with Crippen molar-refractivity contribution in [2.75, 3.05) is 52.5 Å². The number of piperazine rings is 1. The number of halogens is 1. The Hall–Kier alpha value is -3.02.